The summed E-state index contributed by atoms with van der Waals surface area (Å²) in [6.45, 7) is 2.96. The molecule has 1 atom stereocenters. The second-order valence-corrected chi connectivity index (χ2v) is 5.37. The Morgan fingerprint density at radius 1 is 1.05 bits per heavy atom. The number of benzene rings is 2. The first-order valence-electron chi connectivity index (χ1n) is 7.26. The van der Waals surface area contributed by atoms with E-state index >= 15 is 0 Å². The summed E-state index contributed by atoms with van der Waals surface area (Å²) in [5.41, 5.74) is 3.83. The van der Waals surface area contributed by atoms with Crippen molar-refractivity contribution in [1.29, 1.82) is 0 Å². The van der Waals surface area contributed by atoms with Crippen LogP contribution in [0.5, 0.6) is 0 Å². The van der Waals surface area contributed by atoms with E-state index < -0.39 is 0 Å². The van der Waals surface area contributed by atoms with E-state index in [0.29, 0.717) is 6.04 Å². The number of rotatable bonds is 3. The highest BCUT2D eigenvalue weighted by Gasteiger charge is 2.14. The van der Waals surface area contributed by atoms with Crippen molar-refractivity contribution in [2.24, 2.45) is 4.99 Å². The fourth-order valence-corrected chi connectivity index (χ4v) is 2.64. The van der Waals surface area contributed by atoms with E-state index in [1.165, 1.54) is 23.1 Å². The van der Waals surface area contributed by atoms with Crippen molar-refractivity contribution in [3.8, 4) is 11.1 Å². The van der Waals surface area contributed by atoms with Crippen LogP contribution in [0.2, 0.25) is 0 Å². The van der Waals surface area contributed by atoms with Gasteiger partial charge in [-0.1, -0.05) is 54.6 Å². The average molecular weight is 264 g/mol. The number of nitrogens with zero attached hydrogens (tertiary/aromatic N) is 1. The average Bonchev–Trinajstić information content (AvgIpc) is 2.92. The zero-order valence-electron chi connectivity index (χ0n) is 11.8. The molecule has 102 valence electrons. The lowest BCUT2D eigenvalue weighted by atomic mass is 10.00. The summed E-state index contributed by atoms with van der Waals surface area (Å²) < 4.78 is 0. The Kier molecular flexibility index (Phi) is 3.82. The van der Waals surface area contributed by atoms with Crippen molar-refractivity contribution in [3.05, 3.63) is 60.2 Å². The van der Waals surface area contributed by atoms with Crippen molar-refractivity contribution in [2.75, 3.05) is 0 Å². The van der Waals surface area contributed by atoms with Gasteiger partial charge in [-0.3, -0.25) is 4.99 Å². The van der Waals surface area contributed by atoms with Gasteiger partial charge in [0.2, 0.25) is 0 Å². The van der Waals surface area contributed by atoms with Crippen molar-refractivity contribution in [2.45, 2.75) is 32.4 Å². The lowest BCUT2D eigenvalue weighted by Gasteiger charge is -2.08. The lowest BCUT2D eigenvalue weighted by molar-refractivity contribution is 0.690. The molecule has 0 amide bonds. The van der Waals surface area contributed by atoms with Gasteiger partial charge in [-0.25, -0.2) is 0 Å². The molecule has 1 aliphatic heterocycles. The third kappa shape index (κ3) is 2.90. The third-order valence-corrected chi connectivity index (χ3v) is 3.77. The molecule has 0 saturated carbocycles. The van der Waals surface area contributed by atoms with Gasteiger partial charge >= 0.3 is 0 Å². The topological polar surface area (TPSA) is 24.4 Å². The summed E-state index contributed by atoms with van der Waals surface area (Å²) in [4.78, 5) is 4.74. The van der Waals surface area contributed by atoms with Crippen LogP contribution in [0.15, 0.2) is 59.6 Å². The van der Waals surface area contributed by atoms with Crippen LogP contribution < -0.4 is 5.32 Å². The van der Waals surface area contributed by atoms with Gasteiger partial charge in [-0.15, -0.1) is 0 Å². The maximum absolute atomic E-state index is 4.74. The van der Waals surface area contributed by atoms with E-state index in [-0.39, 0.29) is 0 Å². The second-order valence-electron chi connectivity index (χ2n) is 5.37. The maximum atomic E-state index is 4.74. The van der Waals surface area contributed by atoms with Crippen LogP contribution in [0.4, 0.5) is 0 Å². The molecular formula is C18H20N2. The van der Waals surface area contributed by atoms with Crippen LogP contribution in [-0.2, 0) is 6.54 Å². The van der Waals surface area contributed by atoms with Gasteiger partial charge in [0.1, 0.15) is 0 Å². The zero-order valence-corrected chi connectivity index (χ0v) is 11.8. The molecule has 0 aromatic heterocycles. The van der Waals surface area contributed by atoms with E-state index in [2.05, 4.69) is 66.8 Å². The van der Waals surface area contributed by atoms with Gasteiger partial charge in [0.25, 0.3) is 0 Å². The van der Waals surface area contributed by atoms with Gasteiger partial charge in [0, 0.05) is 12.5 Å². The highest BCUT2D eigenvalue weighted by atomic mass is 15.0. The van der Waals surface area contributed by atoms with Gasteiger partial charge in [-0.2, -0.15) is 0 Å². The molecular weight excluding hydrogens is 244 g/mol. The third-order valence-electron chi connectivity index (χ3n) is 3.77. The number of hydrogen-bond donors (Lipinski definition) is 1. The predicted octanol–water partition coefficient (Wildman–Crippen LogP) is 4.02. The minimum Gasteiger partial charge on any atom is -0.371 e. The first-order chi connectivity index (χ1) is 9.83. The van der Waals surface area contributed by atoms with Crippen LogP contribution in [0.1, 0.15) is 25.3 Å². The summed E-state index contributed by atoms with van der Waals surface area (Å²) in [7, 11) is 0. The Morgan fingerprint density at radius 3 is 2.55 bits per heavy atom. The summed E-state index contributed by atoms with van der Waals surface area (Å²) in [6, 6.07) is 19.6. The summed E-state index contributed by atoms with van der Waals surface area (Å²) >= 11 is 0. The van der Waals surface area contributed by atoms with E-state index in [0.717, 1.165) is 18.8 Å². The monoisotopic (exact) mass is 264 g/mol. The first-order valence-corrected chi connectivity index (χ1v) is 7.26. The summed E-state index contributed by atoms with van der Waals surface area (Å²) in [6.07, 6.45) is 2.27. The Balaban J connectivity index is 1.84. The van der Waals surface area contributed by atoms with E-state index in [1.54, 1.807) is 0 Å². The van der Waals surface area contributed by atoms with Crippen LogP contribution in [0.25, 0.3) is 11.1 Å². The Labute approximate surface area is 120 Å². The number of hydrogen-bond acceptors (Lipinski definition) is 1. The molecule has 2 heteroatoms. The molecule has 2 nitrogen and oxygen atoms in total. The molecule has 1 heterocycles. The molecule has 0 radical (unpaired) electrons. The maximum Gasteiger partial charge on any atom is 0.0970 e. The van der Waals surface area contributed by atoms with Crippen LogP contribution in [0.3, 0.4) is 0 Å². The van der Waals surface area contributed by atoms with Crippen molar-refractivity contribution in [3.63, 3.8) is 0 Å². The SMILES string of the molecule is CC1CCC(=NCc2ccccc2-c2ccccc2)N1. The first kappa shape index (κ1) is 12.9. The molecule has 3 rings (SSSR count). The molecule has 1 N–H and O–H groups in total. The molecule has 2 aromatic carbocycles. The van der Waals surface area contributed by atoms with Gasteiger partial charge in [-0.05, 0) is 30.0 Å². The Morgan fingerprint density at radius 2 is 1.80 bits per heavy atom. The van der Waals surface area contributed by atoms with Crippen molar-refractivity contribution in [1.82, 2.24) is 5.32 Å². The lowest BCUT2D eigenvalue weighted by Crippen LogP contribution is -2.22. The standard InChI is InChI=1S/C18H20N2/c1-14-11-12-18(20-14)19-13-16-9-5-6-10-17(16)15-7-3-2-4-8-15/h2-10,14H,11-13H2,1H3,(H,19,20). The minimum absolute atomic E-state index is 0.568. The quantitative estimate of drug-likeness (QED) is 0.889. The normalized spacial score (nSPS) is 20.1. The number of nitrogens with one attached hydrogen (secondary N) is 1. The van der Waals surface area contributed by atoms with Gasteiger partial charge < -0.3 is 5.32 Å². The Hall–Kier alpha value is -2.09. The summed E-state index contributed by atoms with van der Waals surface area (Å²) in [5, 5.41) is 3.43. The van der Waals surface area contributed by atoms with Gasteiger partial charge in [0.15, 0.2) is 0 Å². The van der Waals surface area contributed by atoms with Gasteiger partial charge in [0.05, 0.1) is 12.4 Å². The van der Waals surface area contributed by atoms with Crippen molar-refractivity contribution >= 4 is 5.84 Å². The molecule has 0 aliphatic carbocycles. The predicted molar refractivity (Wildman–Crippen MR) is 84.8 cm³/mol. The van der Waals surface area contributed by atoms with Crippen LogP contribution in [-0.4, -0.2) is 11.9 Å². The fraction of sp³-hybridized carbons (Fsp3) is 0.278. The smallest absolute Gasteiger partial charge is 0.0970 e. The molecule has 0 spiro atoms. The highest BCUT2D eigenvalue weighted by Crippen LogP contribution is 2.24. The molecule has 1 saturated heterocycles. The molecule has 2 aromatic rings. The van der Waals surface area contributed by atoms with Crippen LogP contribution >= 0.6 is 0 Å². The highest BCUT2D eigenvalue weighted by molar-refractivity contribution is 5.84. The largest absolute Gasteiger partial charge is 0.371 e. The zero-order chi connectivity index (χ0) is 13.8. The minimum atomic E-state index is 0.568. The fourth-order valence-electron chi connectivity index (χ4n) is 2.64. The summed E-state index contributed by atoms with van der Waals surface area (Å²) in [5.74, 6) is 1.15. The molecule has 0 bridgehead atoms. The molecule has 1 unspecified atom stereocenters. The molecule has 1 aliphatic rings. The number of amidine groups is 1. The van der Waals surface area contributed by atoms with Crippen LogP contribution in [0, 0.1) is 0 Å². The molecule has 1 fully saturated rings. The second kappa shape index (κ2) is 5.91. The Bertz CT molecular complexity index is 602. The van der Waals surface area contributed by atoms with E-state index in [1.807, 2.05) is 0 Å². The van der Waals surface area contributed by atoms with Crippen molar-refractivity contribution < 1.29 is 0 Å². The van der Waals surface area contributed by atoms with E-state index in [9.17, 15) is 0 Å². The number of aliphatic imine (C=N–C) groups is 1. The molecule has 20 heavy (non-hydrogen) atoms. The van der Waals surface area contributed by atoms with E-state index in [4.69, 9.17) is 4.99 Å².